The van der Waals surface area contributed by atoms with Gasteiger partial charge >= 0.3 is 0 Å². The molecule has 9 heteroatoms. The summed E-state index contributed by atoms with van der Waals surface area (Å²) < 4.78 is 52.4. The number of sulfonamides is 1. The highest BCUT2D eigenvalue weighted by molar-refractivity contribution is 8.13. The first-order valence-corrected chi connectivity index (χ1v) is 8.60. The van der Waals surface area contributed by atoms with E-state index in [1.54, 1.807) is 0 Å². The number of ether oxygens (including phenoxy) is 1. The topological polar surface area (TPSA) is 89.5 Å². The first-order chi connectivity index (χ1) is 8.27. The Hall–Kier alpha value is -0.670. The summed E-state index contributed by atoms with van der Waals surface area (Å²) in [6.07, 6.45) is 0. The van der Waals surface area contributed by atoms with Crippen molar-refractivity contribution in [1.29, 1.82) is 0 Å². The van der Waals surface area contributed by atoms with E-state index in [2.05, 4.69) is 4.72 Å². The molecule has 6 nitrogen and oxygen atoms in total. The molecule has 1 rings (SSSR count). The molecule has 0 aliphatic carbocycles. The molecule has 0 aromatic heterocycles. The number of benzene rings is 1. The van der Waals surface area contributed by atoms with Crippen LogP contribution in [0.25, 0.3) is 0 Å². The summed E-state index contributed by atoms with van der Waals surface area (Å²) in [5.74, 6) is 0. The van der Waals surface area contributed by atoms with Crippen LogP contribution < -0.4 is 4.72 Å². The fourth-order valence-corrected chi connectivity index (χ4v) is 2.93. The fraction of sp³-hybridized carbons (Fsp3) is 0.333. The van der Waals surface area contributed by atoms with Gasteiger partial charge in [0.15, 0.2) is 0 Å². The average molecular weight is 314 g/mol. The van der Waals surface area contributed by atoms with Gasteiger partial charge in [-0.15, -0.1) is 0 Å². The summed E-state index contributed by atoms with van der Waals surface area (Å²) in [7, 11) is -0.941. The maximum Gasteiger partial charge on any atom is 0.261 e. The lowest BCUT2D eigenvalue weighted by molar-refractivity contribution is 0.204. The van der Waals surface area contributed by atoms with Crippen LogP contribution in [0.15, 0.2) is 34.1 Å². The van der Waals surface area contributed by atoms with Crippen LogP contribution in [-0.2, 0) is 23.8 Å². The number of nitrogens with one attached hydrogen (secondary N) is 1. The van der Waals surface area contributed by atoms with Crippen molar-refractivity contribution >= 4 is 29.8 Å². The molecule has 0 aliphatic rings. The zero-order valence-corrected chi connectivity index (χ0v) is 11.8. The van der Waals surface area contributed by atoms with Crippen LogP contribution in [-0.4, -0.2) is 37.1 Å². The van der Waals surface area contributed by atoms with Crippen molar-refractivity contribution in [3.63, 3.8) is 0 Å². The molecule has 0 spiro atoms. The van der Waals surface area contributed by atoms with Crippen LogP contribution in [0.2, 0.25) is 0 Å². The number of rotatable bonds is 6. The maximum absolute atomic E-state index is 11.7. The molecule has 0 amide bonds. The zero-order valence-electron chi connectivity index (χ0n) is 9.46. The second-order valence-corrected chi connectivity index (χ2v) is 7.63. The third kappa shape index (κ3) is 4.21. The normalized spacial score (nSPS) is 12.6. The largest absolute Gasteiger partial charge is 0.383 e. The van der Waals surface area contributed by atoms with Gasteiger partial charge in [0.2, 0.25) is 10.0 Å². The van der Waals surface area contributed by atoms with E-state index in [-0.39, 0.29) is 22.9 Å². The monoisotopic (exact) mass is 313 g/mol. The first-order valence-electron chi connectivity index (χ1n) is 4.81. The number of hydrogen-bond donors (Lipinski definition) is 1. The summed E-state index contributed by atoms with van der Waals surface area (Å²) in [6.45, 7) is 0.377. The third-order valence-electron chi connectivity index (χ3n) is 2.01. The molecular formula is C9H12ClNO5S2. The van der Waals surface area contributed by atoms with E-state index in [9.17, 15) is 16.8 Å². The van der Waals surface area contributed by atoms with Crippen molar-refractivity contribution < 1.29 is 21.6 Å². The van der Waals surface area contributed by atoms with Gasteiger partial charge in [0.05, 0.1) is 16.4 Å². The highest BCUT2D eigenvalue weighted by atomic mass is 35.7. The molecule has 0 aliphatic heterocycles. The lowest BCUT2D eigenvalue weighted by atomic mass is 10.4. The molecule has 1 aromatic carbocycles. The quantitative estimate of drug-likeness (QED) is 0.611. The Morgan fingerprint density at radius 3 is 2.06 bits per heavy atom. The predicted molar refractivity (Wildman–Crippen MR) is 66.5 cm³/mol. The van der Waals surface area contributed by atoms with Crippen molar-refractivity contribution in [3.05, 3.63) is 24.3 Å². The molecular weight excluding hydrogens is 302 g/mol. The smallest absolute Gasteiger partial charge is 0.261 e. The maximum atomic E-state index is 11.7. The van der Waals surface area contributed by atoms with E-state index in [0.29, 0.717) is 0 Å². The minimum Gasteiger partial charge on any atom is -0.383 e. The van der Waals surface area contributed by atoms with Crippen molar-refractivity contribution in [2.24, 2.45) is 0 Å². The summed E-state index contributed by atoms with van der Waals surface area (Å²) in [5.41, 5.74) is 0. The summed E-state index contributed by atoms with van der Waals surface area (Å²) >= 11 is 0. The number of methoxy groups -OCH3 is 1. The molecule has 0 saturated carbocycles. The number of hydrogen-bond acceptors (Lipinski definition) is 5. The molecule has 18 heavy (non-hydrogen) atoms. The molecule has 0 unspecified atom stereocenters. The van der Waals surface area contributed by atoms with Crippen molar-refractivity contribution in [2.45, 2.75) is 9.79 Å². The van der Waals surface area contributed by atoms with Crippen LogP contribution in [0.5, 0.6) is 0 Å². The highest BCUT2D eigenvalue weighted by Crippen LogP contribution is 2.17. The van der Waals surface area contributed by atoms with Crippen LogP contribution >= 0.6 is 10.7 Å². The third-order valence-corrected chi connectivity index (χ3v) is 4.86. The molecule has 0 radical (unpaired) electrons. The summed E-state index contributed by atoms with van der Waals surface area (Å²) in [6, 6.07) is 4.61. The van der Waals surface area contributed by atoms with Crippen LogP contribution in [0.3, 0.4) is 0 Å². The van der Waals surface area contributed by atoms with Crippen molar-refractivity contribution in [2.75, 3.05) is 20.3 Å². The molecule has 1 N–H and O–H groups in total. The predicted octanol–water partition coefficient (Wildman–Crippen LogP) is 0.539. The van der Waals surface area contributed by atoms with E-state index in [0.717, 1.165) is 12.1 Å². The highest BCUT2D eigenvalue weighted by Gasteiger charge is 2.15. The van der Waals surface area contributed by atoms with E-state index in [1.165, 1.54) is 19.2 Å². The Labute approximate surface area is 110 Å². The first kappa shape index (κ1) is 15.4. The Bertz CT molecular complexity index is 594. The van der Waals surface area contributed by atoms with Crippen LogP contribution in [0.4, 0.5) is 0 Å². The molecule has 0 atom stereocenters. The number of halogens is 1. The van der Waals surface area contributed by atoms with Gasteiger partial charge in [0.1, 0.15) is 0 Å². The Kier molecular flexibility index (Phi) is 5.11. The van der Waals surface area contributed by atoms with Crippen molar-refractivity contribution in [1.82, 2.24) is 4.72 Å². The molecule has 0 fully saturated rings. The Morgan fingerprint density at radius 2 is 1.61 bits per heavy atom. The average Bonchev–Trinajstić information content (AvgIpc) is 2.28. The van der Waals surface area contributed by atoms with Gasteiger partial charge in [-0.2, -0.15) is 0 Å². The van der Waals surface area contributed by atoms with Crippen LogP contribution in [0.1, 0.15) is 0 Å². The fourth-order valence-electron chi connectivity index (χ4n) is 1.14. The zero-order chi connectivity index (χ0) is 13.8. The van der Waals surface area contributed by atoms with E-state index in [1.807, 2.05) is 0 Å². The molecule has 0 heterocycles. The lowest BCUT2D eigenvalue weighted by Gasteiger charge is -2.06. The van der Waals surface area contributed by atoms with Crippen LogP contribution in [0, 0.1) is 0 Å². The van der Waals surface area contributed by atoms with Gasteiger partial charge in [-0.25, -0.2) is 21.6 Å². The molecule has 0 saturated heterocycles. The minimum atomic E-state index is -3.85. The minimum absolute atomic E-state index is 0.0392. The SMILES string of the molecule is COCCNS(=O)(=O)c1ccc(S(=O)(=O)Cl)cc1. The second-order valence-electron chi connectivity index (χ2n) is 3.30. The lowest BCUT2D eigenvalue weighted by Crippen LogP contribution is -2.27. The van der Waals surface area contributed by atoms with Gasteiger partial charge in [-0.3, -0.25) is 0 Å². The Balaban J connectivity index is 2.91. The van der Waals surface area contributed by atoms with E-state index >= 15 is 0 Å². The Morgan fingerprint density at radius 1 is 1.11 bits per heavy atom. The van der Waals surface area contributed by atoms with Gasteiger partial charge in [-0.05, 0) is 24.3 Å². The van der Waals surface area contributed by atoms with Gasteiger partial charge in [0, 0.05) is 24.3 Å². The molecule has 1 aromatic rings. The van der Waals surface area contributed by atoms with Gasteiger partial charge < -0.3 is 4.74 Å². The molecule has 102 valence electrons. The molecule has 0 bridgehead atoms. The van der Waals surface area contributed by atoms with Gasteiger partial charge in [-0.1, -0.05) is 0 Å². The van der Waals surface area contributed by atoms with Crippen molar-refractivity contribution in [3.8, 4) is 0 Å². The second kappa shape index (κ2) is 5.98. The van der Waals surface area contributed by atoms with E-state index < -0.39 is 19.1 Å². The summed E-state index contributed by atoms with van der Waals surface area (Å²) in [5, 5.41) is 0. The standard InChI is InChI=1S/C9H12ClNO5S2/c1-16-7-6-11-18(14,15)9-4-2-8(3-5-9)17(10,12)13/h2-5,11H,6-7H2,1H3. The van der Waals surface area contributed by atoms with E-state index in [4.69, 9.17) is 15.4 Å². The summed E-state index contributed by atoms with van der Waals surface area (Å²) in [4.78, 5) is -0.192. The van der Waals surface area contributed by atoms with Gasteiger partial charge in [0.25, 0.3) is 9.05 Å².